The number of fused-ring (bicyclic) bond motifs is 1. The topological polar surface area (TPSA) is 68.4 Å². The van der Waals surface area contributed by atoms with Crippen LogP contribution in [0.15, 0.2) is 47.3 Å². The highest BCUT2D eigenvalue weighted by Gasteiger charge is 2.13. The highest BCUT2D eigenvalue weighted by molar-refractivity contribution is 5.89. The second-order valence-corrected chi connectivity index (χ2v) is 4.52. The fourth-order valence-electron chi connectivity index (χ4n) is 2.14. The van der Waals surface area contributed by atoms with Gasteiger partial charge >= 0.3 is 0 Å². The summed E-state index contributed by atoms with van der Waals surface area (Å²) in [4.78, 5) is 3.92. The molecule has 1 heterocycles. The van der Waals surface area contributed by atoms with Crippen molar-refractivity contribution >= 4 is 10.8 Å². The number of benzene rings is 2. The molecule has 1 unspecified atom stereocenters. The summed E-state index contributed by atoms with van der Waals surface area (Å²) in [6.07, 6.45) is 0.650. The van der Waals surface area contributed by atoms with Crippen LogP contribution in [-0.4, -0.2) is 15.2 Å². The minimum atomic E-state index is -0.611. The third-order valence-electron chi connectivity index (χ3n) is 3.11. The predicted octanol–water partition coefficient (Wildman–Crippen LogP) is 2.86. The molecule has 0 spiro atoms. The first-order chi connectivity index (χ1) is 9.75. The number of ether oxygens (including phenoxy) is 1. The second kappa shape index (κ2) is 5.30. The zero-order chi connectivity index (χ0) is 13.9. The van der Waals surface area contributed by atoms with E-state index in [0.29, 0.717) is 11.6 Å². The first-order valence-electron chi connectivity index (χ1n) is 6.33. The predicted molar refractivity (Wildman–Crippen MR) is 73.2 cm³/mol. The standard InChI is InChI=1S/C15H14N2O3/c1-10(18)12-7-6-11-4-2-3-5-13(11)15(12)19-8-14-16-9-20-17-14/h2-7,9-10,18H,8H2,1H3. The number of aliphatic hydroxyl groups is 1. The molecule has 3 rings (SSSR count). The van der Waals surface area contributed by atoms with E-state index >= 15 is 0 Å². The molecule has 0 aliphatic rings. The zero-order valence-electron chi connectivity index (χ0n) is 11.0. The second-order valence-electron chi connectivity index (χ2n) is 4.52. The molecule has 0 aliphatic carbocycles. The van der Waals surface area contributed by atoms with Crippen molar-refractivity contribution in [1.82, 2.24) is 10.1 Å². The maximum Gasteiger partial charge on any atom is 0.213 e. The van der Waals surface area contributed by atoms with Crippen LogP contribution < -0.4 is 4.74 Å². The molecule has 0 bridgehead atoms. The number of hydrogen-bond acceptors (Lipinski definition) is 5. The van der Waals surface area contributed by atoms with Crippen LogP contribution in [0.2, 0.25) is 0 Å². The summed E-state index contributed by atoms with van der Waals surface area (Å²) in [5.74, 6) is 1.12. The third kappa shape index (κ3) is 2.35. The lowest BCUT2D eigenvalue weighted by molar-refractivity contribution is 0.190. The van der Waals surface area contributed by atoms with Gasteiger partial charge in [-0.1, -0.05) is 41.6 Å². The molecule has 0 fully saturated rings. The Morgan fingerprint density at radius 2 is 2.10 bits per heavy atom. The lowest BCUT2D eigenvalue weighted by Crippen LogP contribution is -2.03. The molecular weight excluding hydrogens is 256 g/mol. The van der Waals surface area contributed by atoms with Crippen LogP contribution in [0.25, 0.3) is 10.8 Å². The summed E-state index contributed by atoms with van der Waals surface area (Å²) in [5.41, 5.74) is 0.743. The average molecular weight is 270 g/mol. The molecule has 0 aliphatic heterocycles. The van der Waals surface area contributed by atoms with Gasteiger partial charge in [-0.15, -0.1) is 0 Å². The van der Waals surface area contributed by atoms with E-state index in [0.717, 1.165) is 16.3 Å². The Morgan fingerprint density at radius 3 is 2.85 bits per heavy atom. The smallest absolute Gasteiger partial charge is 0.213 e. The van der Waals surface area contributed by atoms with E-state index in [1.54, 1.807) is 6.92 Å². The Morgan fingerprint density at radius 1 is 1.25 bits per heavy atom. The van der Waals surface area contributed by atoms with Crippen molar-refractivity contribution in [3.05, 3.63) is 54.2 Å². The normalized spacial score (nSPS) is 12.5. The number of hydrogen-bond donors (Lipinski definition) is 1. The molecule has 5 nitrogen and oxygen atoms in total. The van der Waals surface area contributed by atoms with Crippen LogP contribution in [0, 0.1) is 0 Å². The fraction of sp³-hybridized carbons (Fsp3) is 0.200. The molecule has 20 heavy (non-hydrogen) atoms. The minimum Gasteiger partial charge on any atom is -0.484 e. The van der Waals surface area contributed by atoms with Crippen molar-refractivity contribution in [1.29, 1.82) is 0 Å². The SMILES string of the molecule is CC(O)c1ccc2ccccc2c1OCc1ncon1. The molecule has 0 radical (unpaired) electrons. The number of rotatable bonds is 4. The summed E-state index contributed by atoms with van der Waals surface area (Å²) in [7, 11) is 0. The molecule has 2 aromatic carbocycles. The highest BCUT2D eigenvalue weighted by Crippen LogP contribution is 2.33. The minimum absolute atomic E-state index is 0.199. The summed E-state index contributed by atoms with van der Waals surface area (Å²) in [6, 6.07) is 11.7. The summed E-state index contributed by atoms with van der Waals surface area (Å²) >= 11 is 0. The van der Waals surface area contributed by atoms with Gasteiger partial charge in [0.2, 0.25) is 12.2 Å². The Balaban J connectivity index is 2.03. The average Bonchev–Trinajstić information content (AvgIpc) is 2.97. The van der Waals surface area contributed by atoms with Gasteiger partial charge in [0, 0.05) is 10.9 Å². The molecule has 0 amide bonds. The van der Waals surface area contributed by atoms with Crippen molar-refractivity contribution in [3.8, 4) is 5.75 Å². The van der Waals surface area contributed by atoms with Gasteiger partial charge in [-0.05, 0) is 12.3 Å². The molecule has 102 valence electrons. The molecule has 1 atom stereocenters. The van der Waals surface area contributed by atoms with Crippen LogP contribution >= 0.6 is 0 Å². The van der Waals surface area contributed by atoms with Crippen LogP contribution in [0.5, 0.6) is 5.75 Å². The molecule has 1 N–H and O–H groups in total. The number of nitrogens with zero attached hydrogens (tertiary/aromatic N) is 2. The quantitative estimate of drug-likeness (QED) is 0.789. The van der Waals surface area contributed by atoms with E-state index in [2.05, 4.69) is 14.7 Å². The van der Waals surface area contributed by atoms with Crippen LogP contribution in [-0.2, 0) is 6.61 Å². The van der Waals surface area contributed by atoms with Crippen molar-refractivity contribution in [2.45, 2.75) is 19.6 Å². The van der Waals surface area contributed by atoms with E-state index in [9.17, 15) is 5.11 Å². The molecule has 0 saturated carbocycles. The van der Waals surface area contributed by atoms with Gasteiger partial charge in [0.05, 0.1) is 6.10 Å². The van der Waals surface area contributed by atoms with Crippen LogP contribution in [0.1, 0.15) is 24.4 Å². The molecule has 3 aromatic rings. The van der Waals surface area contributed by atoms with Gasteiger partial charge in [-0.2, -0.15) is 4.98 Å². The molecular formula is C15H14N2O3. The third-order valence-corrected chi connectivity index (χ3v) is 3.11. The first kappa shape index (κ1) is 12.6. The maximum atomic E-state index is 9.89. The summed E-state index contributed by atoms with van der Waals surface area (Å²) in [6.45, 7) is 1.91. The fourth-order valence-corrected chi connectivity index (χ4v) is 2.14. The van der Waals surface area contributed by atoms with E-state index < -0.39 is 6.10 Å². The van der Waals surface area contributed by atoms with Gasteiger partial charge < -0.3 is 14.4 Å². The molecule has 5 heteroatoms. The summed E-state index contributed by atoms with van der Waals surface area (Å²) in [5, 5.41) is 15.6. The van der Waals surface area contributed by atoms with Crippen molar-refractivity contribution in [3.63, 3.8) is 0 Å². The van der Waals surface area contributed by atoms with Crippen molar-refractivity contribution < 1.29 is 14.4 Å². The molecule has 0 saturated heterocycles. The monoisotopic (exact) mass is 270 g/mol. The lowest BCUT2D eigenvalue weighted by atomic mass is 10.0. The Kier molecular flexibility index (Phi) is 3.35. The summed E-state index contributed by atoms with van der Waals surface area (Å²) < 4.78 is 10.5. The number of aliphatic hydroxyl groups excluding tert-OH is 1. The van der Waals surface area contributed by atoms with E-state index in [1.807, 2.05) is 36.4 Å². The molecule has 1 aromatic heterocycles. The van der Waals surface area contributed by atoms with Gasteiger partial charge in [-0.3, -0.25) is 0 Å². The first-order valence-corrected chi connectivity index (χ1v) is 6.33. The lowest BCUT2D eigenvalue weighted by Gasteiger charge is -2.15. The van der Waals surface area contributed by atoms with Crippen LogP contribution in [0.3, 0.4) is 0 Å². The maximum absolute atomic E-state index is 9.89. The number of aromatic nitrogens is 2. The van der Waals surface area contributed by atoms with Gasteiger partial charge in [0.15, 0.2) is 6.61 Å². The largest absolute Gasteiger partial charge is 0.484 e. The van der Waals surface area contributed by atoms with Gasteiger partial charge in [0.25, 0.3) is 0 Å². The Hall–Kier alpha value is -2.40. The van der Waals surface area contributed by atoms with Gasteiger partial charge in [-0.25, -0.2) is 0 Å². The van der Waals surface area contributed by atoms with Gasteiger partial charge in [0.1, 0.15) is 5.75 Å². The van der Waals surface area contributed by atoms with E-state index in [4.69, 9.17) is 4.74 Å². The van der Waals surface area contributed by atoms with Crippen molar-refractivity contribution in [2.24, 2.45) is 0 Å². The Bertz CT molecular complexity index is 708. The highest BCUT2D eigenvalue weighted by atomic mass is 16.5. The zero-order valence-corrected chi connectivity index (χ0v) is 11.0. The van der Waals surface area contributed by atoms with E-state index in [-0.39, 0.29) is 6.61 Å². The van der Waals surface area contributed by atoms with Crippen LogP contribution in [0.4, 0.5) is 0 Å². The Labute approximate surface area is 115 Å². The van der Waals surface area contributed by atoms with E-state index in [1.165, 1.54) is 6.39 Å². The van der Waals surface area contributed by atoms with Crippen molar-refractivity contribution in [2.75, 3.05) is 0 Å².